The number of fused-ring (bicyclic) bond motifs is 1. The molecule has 7 nitrogen and oxygen atoms in total. The number of aliphatic hydroxyl groups excluding tert-OH is 1. The molecule has 1 aromatic carbocycles. The van der Waals surface area contributed by atoms with E-state index in [-0.39, 0.29) is 36.6 Å². The van der Waals surface area contributed by atoms with Gasteiger partial charge < -0.3 is 25.4 Å². The summed E-state index contributed by atoms with van der Waals surface area (Å²) in [5.41, 5.74) is 2.34. The second-order valence-corrected chi connectivity index (χ2v) is 8.88. The van der Waals surface area contributed by atoms with Crippen LogP contribution in [0.15, 0.2) is 17.6 Å². The molecule has 2 fully saturated rings. The average Bonchev–Trinajstić information content (AvgIpc) is 3.14. The van der Waals surface area contributed by atoms with Gasteiger partial charge in [0.25, 0.3) is 0 Å². The predicted octanol–water partition coefficient (Wildman–Crippen LogP) is 2.49. The van der Waals surface area contributed by atoms with Crippen molar-refractivity contribution in [2.75, 3.05) is 19.7 Å². The second kappa shape index (κ2) is 8.81. The summed E-state index contributed by atoms with van der Waals surface area (Å²) in [7, 11) is 0. The highest BCUT2D eigenvalue weighted by Crippen LogP contribution is 2.30. The number of aromatic nitrogens is 1. The van der Waals surface area contributed by atoms with Crippen molar-refractivity contribution in [3.63, 3.8) is 0 Å². The number of nitrogens with zero attached hydrogens (tertiary/aromatic N) is 2. The van der Waals surface area contributed by atoms with Crippen molar-refractivity contribution < 1.29 is 19.0 Å². The summed E-state index contributed by atoms with van der Waals surface area (Å²) in [5.74, 6) is 0.0957. The zero-order chi connectivity index (χ0) is 20.4. The fourth-order valence-electron chi connectivity index (χ4n) is 3.98. The lowest BCUT2D eigenvalue weighted by atomic mass is 9.91. The van der Waals surface area contributed by atoms with Crippen LogP contribution >= 0.6 is 11.3 Å². The Morgan fingerprint density at radius 3 is 2.79 bits per heavy atom. The number of nitrogens with one attached hydrogen (secondary N) is 2. The Labute approximate surface area is 173 Å². The third-order valence-corrected chi connectivity index (χ3v) is 6.42. The number of carbonyl (C=O) groups excluding carboxylic acids is 1. The number of urea groups is 1. The minimum atomic E-state index is -0.343. The van der Waals surface area contributed by atoms with Gasteiger partial charge in [-0.3, -0.25) is 0 Å². The van der Waals surface area contributed by atoms with Crippen LogP contribution in [0.25, 0.3) is 10.2 Å². The molecule has 2 aliphatic rings. The first kappa shape index (κ1) is 20.3. The minimum absolute atomic E-state index is 0.0666. The van der Waals surface area contributed by atoms with Crippen LogP contribution < -0.4 is 15.4 Å². The summed E-state index contributed by atoms with van der Waals surface area (Å²) in [6.07, 6.45) is 3.70. The Morgan fingerprint density at radius 1 is 1.34 bits per heavy atom. The Kier molecular flexibility index (Phi) is 6.17. The van der Waals surface area contributed by atoms with Crippen molar-refractivity contribution in [3.05, 3.63) is 23.5 Å². The van der Waals surface area contributed by atoms with Crippen LogP contribution in [0.3, 0.4) is 0 Å². The van der Waals surface area contributed by atoms with Crippen LogP contribution in [0, 0.1) is 5.82 Å². The van der Waals surface area contributed by atoms with Crippen LogP contribution in [-0.2, 0) is 0 Å². The van der Waals surface area contributed by atoms with E-state index in [1.54, 1.807) is 10.4 Å². The molecular weight excluding hydrogens is 395 g/mol. The number of ether oxygens (including phenoxy) is 1. The van der Waals surface area contributed by atoms with Gasteiger partial charge in [-0.05, 0) is 38.7 Å². The summed E-state index contributed by atoms with van der Waals surface area (Å²) in [5, 5.41) is 15.7. The minimum Gasteiger partial charge on any atom is -0.484 e. The quantitative estimate of drug-likeness (QED) is 0.666. The molecule has 0 bridgehead atoms. The normalized spacial score (nSPS) is 23.6. The highest BCUT2D eigenvalue weighted by Gasteiger charge is 2.34. The molecule has 1 saturated carbocycles. The molecule has 4 rings (SSSR count). The average molecular weight is 423 g/mol. The van der Waals surface area contributed by atoms with Gasteiger partial charge in [-0.15, -0.1) is 11.3 Å². The van der Waals surface area contributed by atoms with E-state index in [2.05, 4.69) is 15.6 Å². The van der Waals surface area contributed by atoms with Gasteiger partial charge in [0.15, 0.2) is 0 Å². The van der Waals surface area contributed by atoms with Gasteiger partial charge in [-0.1, -0.05) is 0 Å². The molecule has 29 heavy (non-hydrogen) atoms. The van der Waals surface area contributed by atoms with Gasteiger partial charge in [-0.25, -0.2) is 14.2 Å². The van der Waals surface area contributed by atoms with E-state index in [1.165, 1.54) is 23.5 Å². The number of hydrogen-bond donors (Lipinski definition) is 3. The molecule has 0 spiro atoms. The standard InChI is InChI=1S/C20H27FN4O3S/c1-12(10-26)23-14-2-4-15(5-3-14)24-20(27)25-8-16(9-25)28-17-6-13(21)7-18-19(17)22-11-29-18/h6-7,11-12,14-16,23,26H,2-5,8-10H2,1H3,(H,24,27). The molecule has 1 aliphatic heterocycles. The molecule has 2 amide bonds. The summed E-state index contributed by atoms with van der Waals surface area (Å²) in [4.78, 5) is 18.4. The fourth-order valence-corrected chi connectivity index (χ4v) is 4.69. The van der Waals surface area contributed by atoms with Gasteiger partial charge in [0.05, 0.1) is 29.9 Å². The summed E-state index contributed by atoms with van der Waals surface area (Å²) < 4.78 is 20.4. The second-order valence-electron chi connectivity index (χ2n) is 8.00. The first-order valence-corrected chi connectivity index (χ1v) is 11.0. The number of amides is 2. The number of thiazole rings is 1. The molecule has 2 aromatic rings. The Bertz CT molecular complexity index is 849. The van der Waals surface area contributed by atoms with Gasteiger partial charge in [-0.2, -0.15) is 0 Å². The molecular formula is C20H27FN4O3S. The highest BCUT2D eigenvalue weighted by molar-refractivity contribution is 7.16. The van der Waals surface area contributed by atoms with E-state index in [4.69, 9.17) is 9.84 Å². The molecule has 9 heteroatoms. The lowest BCUT2D eigenvalue weighted by Crippen LogP contribution is -2.60. The fraction of sp³-hybridized carbons (Fsp3) is 0.600. The number of likely N-dealkylation sites (tertiary alicyclic amines) is 1. The molecule has 2 heterocycles. The number of aliphatic hydroxyl groups is 1. The number of rotatable bonds is 6. The third kappa shape index (κ3) is 4.79. The topological polar surface area (TPSA) is 86.7 Å². The van der Waals surface area contributed by atoms with Crippen LogP contribution in [0.2, 0.25) is 0 Å². The van der Waals surface area contributed by atoms with Gasteiger partial charge >= 0.3 is 6.03 Å². The predicted molar refractivity (Wildman–Crippen MR) is 110 cm³/mol. The lowest BCUT2D eigenvalue weighted by Gasteiger charge is -2.40. The Hall–Kier alpha value is -1.97. The zero-order valence-electron chi connectivity index (χ0n) is 16.4. The largest absolute Gasteiger partial charge is 0.484 e. The Balaban J connectivity index is 1.21. The van der Waals surface area contributed by atoms with Gasteiger partial charge in [0, 0.05) is 24.2 Å². The maximum atomic E-state index is 13.7. The van der Waals surface area contributed by atoms with Crippen LogP contribution in [0.5, 0.6) is 5.75 Å². The van der Waals surface area contributed by atoms with E-state index in [0.29, 0.717) is 30.4 Å². The first-order chi connectivity index (χ1) is 14.0. The number of carbonyl (C=O) groups is 1. The third-order valence-electron chi connectivity index (χ3n) is 5.64. The first-order valence-electron chi connectivity index (χ1n) is 10.1. The van der Waals surface area contributed by atoms with Crippen LogP contribution in [0.4, 0.5) is 9.18 Å². The number of halogens is 1. The van der Waals surface area contributed by atoms with Crippen LogP contribution in [-0.4, -0.2) is 64.9 Å². The Morgan fingerprint density at radius 2 is 2.07 bits per heavy atom. The van der Waals surface area contributed by atoms with Crippen molar-refractivity contribution in [1.29, 1.82) is 0 Å². The monoisotopic (exact) mass is 422 g/mol. The maximum absolute atomic E-state index is 13.7. The van der Waals surface area contributed by atoms with Crippen molar-refractivity contribution >= 4 is 27.6 Å². The van der Waals surface area contributed by atoms with E-state index in [0.717, 1.165) is 30.4 Å². The number of hydrogen-bond acceptors (Lipinski definition) is 6. The molecule has 1 aliphatic carbocycles. The summed E-state index contributed by atoms with van der Waals surface area (Å²) in [6, 6.07) is 3.43. The highest BCUT2D eigenvalue weighted by atomic mass is 32.1. The summed E-state index contributed by atoms with van der Waals surface area (Å²) >= 11 is 1.38. The van der Waals surface area contributed by atoms with E-state index in [1.807, 2.05) is 6.92 Å². The maximum Gasteiger partial charge on any atom is 0.317 e. The smallest absolute Gasteiger partial charge is 0.317 e. The molecule has 1 atom stereocenters. The van der Waals surface area contributed by atoms with Crippen molar-refractivity contribution in [1.82, 2.24) is 20.5 Å². The molecule has 0 radical (unpaired) electrons. The lowest BCUT2D eigenvalue weighted by molar-refractivity contribution is 0.0435. The molecule has 1 unspecified atom stereocenters. The molecule has 1 saturated heterocycles. The van der Waals surface area contributed by atoms with E-state index >= 15 is 0 Å². The molecule has 158 valence electrons. The van der Waals surface area contributed by atoms with E-state index < -0.39 is 0 Å². The van der Waals surface area contributed by atoms with Crippen LogP contribution in [0.1, 0.15) is 32.6 Å². The number of benzene rings is 1. The molecule has 1 aromatic heterocycles. The van der Waals surface area contributed by atoms with Crippen molar-refractivity contribution in [3.8, 4) is 5.75 Å². The summed E-state index contributed by atoms with van der Waals surface area (Å²) in [6.45, 7) is 3.08. The van der Waals surface area contributed by atoms with Crippen molar-refractivity contribution in [2.45, 2.75) is 56.8 Å². The zero-order valence-corrected chi connectivity index (χ0v) is 17.3. The van der Waals surface area contributed by atoms with Gasteiger partial charge in [0.1, 0.15) is 23.2 Å². The van der Waals surface area contributed by atoms with Gasteiger partial charge in [0.2, 0.25) is 0 Å². The molecule has 3 N–H and O–H groups in total. The van der Waals surface area contributed by atoms with E-state index in [9.17, 15) is 9.18 Å². The SMILES string of the molecule is CC(CO)NC1CCC(NC(=O)N2CC(Oc3cc(F)cc4scnc34)C2)CC1. The van der Waals surface area contributed by atoms with Crippen molar-refractivity contribution in [2.24, 2.45) is 0 Å².